The SMILES string of the molecule is Cc1cnc(C(=O)N(CCC(=O)N2C[C@H](C)O[C@@H](C)C2)CCc2ccccc2)cn1. The molecule has 7 heteroatoms. The highest BCUT2D eigenvalue weighted by Gasteiger charge is 2.26. The van der Waals surface area contributed by atoms with Gasteiger partial charge in [-0.15, -0.1) is 0 Å². The van der Waals surface area contributed by atoms with Crippen molar-refractivity contribution in [2.45, 2.75) is 45.8 Å². The quantitative estimate of drug-likeness (QED) is 0.701. The van der Waals surface area contributed by atoms with Crippen molar-refractivity contribution in [3.05, 3.63) is 59.7 Å². The number of carbonyl (C=O) groups is 2. The van der Waals surface area contributed by atoms with Crippen LogP contribution in [-0.2, 0) is 16.0 Å². The molecule has 0 radical (unpaired) electrons. The number of hydrogen-bond acceptors (Lipinski definition) is 5. The van der Waals surface area contributed by atoms with Crippen LogP contribution in [0.4, 0.5) is 0 Å². The fraction of sp³-hybridized carbons (Fsp3) is 0.478. The highest BCUT2D eigenvalue weighted by atomic mass is 16.5. The number of aromatic nitrogens is 2. The average molecular weight is 411 g/mol. The molecule has 2 atom stereocenters. The van der Waals surface area contributed by atoms with E-state index in [-0.39, 0.29) is 30.4 Å². The predicted molar refractivity (Wildman–Crippen MR) is 114 cm³/mol. The lowest BCUT2D eigenvalue weighted by Crippen LogP contribution is -2.49. The van der Waals surface area contributed by atoms with E-state index in [1.165, 1.54) is 6.20 Å². The number of benzene rings is 1. The summed E-state index contributed by atoms with van der Waals surface area (Å²) in [5.74, 6) is -0.153. The van der Waals surface area contributed by atoms with Crippen molar-refractivity contribution in [3.8, 4) is 0 Å². The molecule has 160 valence electrons. The normalized spacial score (nSPS) is 18.8. The summed E-state index contributed by atoms with van der Waals surface area (Å²) in [7, 11) is 0. The summed E-state index contributed by atoms with van der Waals surface area (Å²) in [5, 5.41) is 0. The van der Waals surface area contributed by atoms with E-state index in [9.17, 15) is 9.59 Å². The summed E-state index contributed by atoms with van der Waals surface area (Å²) in [4.78, 5) is 37.8. The van der Waals surface area contributed by atoms with Gasteiger partial charge in [-0.3, -0.25) is 14.6 Å². The van der Waals surface area contributed by atoms with Gasteiger partial charge in [-0.2, -0.15) is 0 Å². The maximum atomic E-state index is 13.0. The first-order valence-corrected chi connectivity index (χ1v) is 10.5. The zero-order valence-corrected chi connectivity index (χ0v) is 18.0. The molecule has 3 rings (SSSR count). The highest BCUT2D eigenvalue weighted by Crippen LogP contribution is 2.13. The van der Waals surface area contributed by atoms with Gasteiger partial charge in [-0.1, -0.05) is 30.3 Å². The third-order valence-corrected chi connectivity index (χ3v) is 5.17. The zero-order valence-electron chi connectivity index (χ0n) is 18.0. The fourth-order valence-electron chi connectivity index (χ4n) is 3.66. The molecule has 0 unspecified atom stereocenters. The molecule has 0 bridgehead atoms. The maximum absolute atomic E-state index is 13.0. The molecule has 0 aliphatic carbocycles. The minimum atomic E-state index is -0.199. The van der Waals surface area contributed by atoms with Gasteiger partial charge in [-0.05, 0) is 32.8 Å². The first kappa shape index (κ1) is 21.9. The molecule has 1 fully saturated rings. The van der Waals surface area contributed by atoms with Gasteiger partial charge in [-0.25, -0.2) is 4.98 Å². The molecule has 0 spiro atoms. The van der Waals surface area contributed by atoms with Gasteiger partial charge in [0.15, 0.2) is 0 Å². The molecule has 2 aromatic rings. The molecule has 1 aliphatic rings. The Morgan fingerprint density at radius 3 is 2.40 bits per heavy atom. The maximum Gasteiger partial charge on any atom is 0.274 e. The van der Waals surface area contributed by atoms with Crippen LogP contribution in [-0.4, -0.2) is 70.0 Å². The van der Waals surface area contributed by atoms with Crippen LogP contribution in [0, 0.1) is 6.92 Å². The molecule has 1 aromatic heterocycles. The lowest BCUT2D eigenvalue weighted by molar-refractivity contribution is -0.143. The minimum Gasteiger partial charge on any atom is -0.372 e. The van der Waals surface area contributed by atoms with E-state index in [0.717, 1.165) is 11.3 Å². The number of aryl methyl sites for hydroxylation is 1. The van der Waals surface area contributed by atoms with E-state index in [0.29, 0.717) is 38.3 Å². The van der Waals surface area contributed by atoms with Gasteiger partial charge in [0.25, 0.3) is 5.91 Å². The van der Waals surface area contributed by atoms with Gasteiger partial charge in [0.05, 0.1) is 24.1 Å². The molecule has 2 heterocycles. The summed E-state index contributed by atoms with van der Waals surface area (Å²) >= 11 is 0. The lowest BCUT2D eigenvalue weighted by atomic mass is 10.1. The Hall–Kier alpha value is -2.80. The molecule has 0 saturated carbocycles. The number of hydrogen-bond donors (Lipinski definition) is 0. The van der Waals surface area contributed by atoms with Gasteiger partial charge < -0.3 is 14.5 Å². The average Bonchev–Trinajstić information content (AvgIpc) is 2.73. The van der Waals surface area contributed by atoms with E-state index in [1.807, 2.05) is 56.0 Å². The number of rotatable bonds is 7. The van der Waals surface area contributed by atoms with Crippen molar-refractivity contribution < 1.29 is 14.3 Å². The Morgan fingerprint density at radius 2 is 1.77 bits per heavy atom. The molecule has 1 saturated heterocycles. The van der Waals surface area contributed by atoms with Gasteiger partial charge >= 0.3 is 0 Å². The molecular formula is C23H30N4O3. The number of nitrogens with zero attached hydrogens (tertiary/aromatic N) is 4. The molecule has 2 amide bonds. The van der Waals surface area contributed by atoms with Crippen molar-refractivity contribution in [2.75, 3.05) is 26.2 Å². The van der Waals surface area contributed by atoms with Crippen molar-refractivity contribution in [3.63, 3.8) is 0 Å². The van der Waals surface area contributed by atoms with Crippen LogP contribution in [0.25, 0.3) is 0 Å². The second-order valence-electron chi connectivity index (χ2n) is 7.88. The highest BCUT2D eigenvalue weighted by molar-refractivity contribution is 5.92. The Morgan fingerprint density at radius 1 is 1.07 bits per heavy atom. The van der Waals surface area contributed by atoms with Crippen LogP contribution in [0.3, 0.4) is 0 Å². The van der Waals surface area contributed by atoms with Crippen LogP contribution < -0.4 is 0 Å². The fourth-order valence-corrected chi connectivity index (χ4v) is 3.66. The van der Waals surface area contributed by atoms with Crippen LogP contribution in [0.1, 0.15) is 42.0 Å². The van der Waals surface area contributed by atoms with Crippen LogP contribution in [0.2, 0.25) is 0 Å². The van der Waals surface area contributed by atoms with Gasteiger partial charge in [0, 0.05) is 38.8 Å². The van der Waals surface area contributed by atoms with E-state index in [4.69, 9.17) is 4.74 Å². The smallest absolute Gasteiger partial charge is 0.274 e. The molecule has 1 aliphatic heterocycles. The first-order valence-electron chi connectivity index (χ1n) is 10.5. The van der Waals surface area contributed by atoms with E-state index >= 15 is 0 Å². The molecular weight excluding hydrogens is 380 g/mol. The number of amides is 2. The summed E-state index contributed by atoms with van der Waals surface area (Å²) in [6, 6.07) is 10.0. The third kappa shape index (κ3) is 6.10. The van der Waals surface area contributed by atoms with Crippen molar-refractivity contribution in [1.82, 2.24) is 19.8 Å². The monoisotopic (exact) mass is 410 g/mol. The van der Waals surface area contributed by atoms with Crippen LogP contribution in [0.5, 0.6) is 0 Å². The van der Waals surface area contributed by atoms with E-state index < -0.39 is 0 Å². The van der Waals surface area contributed by atoms with Gasteiger partial charge in [0.2, 0.25) is 5.91 Å². The third-order valence-electron chi connectivity index (χ3n) is 5.17. The minimum absolute atomic E-state index is 0.0244. The van der Waals surface area contributed by atoms with Crippen LogP contribution in [0.15, 0.2) is 42.7 Å². The van der Waals surface area contributed by atoms with Crippen molar-refractivity contribution in [2.24, 2.45) is 0 Å². The summed E-state index contributed by atoms with van der Waals surface area (Å²) < 4.78 is 5.71. The van der Waals surface area contributed by atoms with Gasteiger partial charge in [0.1, 0.15) is 5.69 Å². The number of morpholine rings is 1. The first-order chi connectivity index (χ1) is 14.4. The molecule has 1 aromatic carbocycles. The largest absolute Gasteiger partial charge is 0.372 e. The zero-order chi connectivity index (χ0) is 21.5. The summed E-state index contributed by atoms with van der Waals surface area (Å²) in [6.45, 7) is 7.82. The van der Waals surface area contributed by atoms with Crippen molar-refractivity contribution >= 4 is 11.8 Å². The molecule has 30 heavy (non-hydrogen) atoms. The summed E-state index contributed by atoms with van der Waals surface area (Å²) in [6.07, 6.45) is 4.13. The van der Waals surface area contributed by atoms with E-state index in [1.54, 1.807) is 11.1 Å². The summed E-state index contributed by atoms with van der Waals surface area (Å²) in [5.41, 5.74) is 2.20. The van der Waals surface area contributed by atoms with E-state index in [2.05, 4.69) is 9.97 Å². The second-order valence-corrected chi connectivity index (χ2v) is 7.88. The Bertz CT molecular complexity index is 831. The second kappa shape index (κ2) is 10.3. The molecule has 0 N–H and O–H groups in total. The molecule has 7 nitrogen and oxygen atoms in total. The van der Waals surface area contributed by atoms with Crippen molar-refractivity contribution in [1.29, 1.82) is 0 Å². The topological polar surface area (TPSA) is 75.6 Å². The number of carbonyl (C=O) groups excluding carboxylic acids is 2. The Balaban J connectivity index is 1.66. The lowest BCUT2D eigenvalue weighted by Gasteiger charge is -2.35. The van der Waals surface area contributed by atoms with Crippen LogP contribution >= 0.6 is 0 Å². The number of ether oxygens (including phenoxy) is 1. The predicted octanol–water partition coefficient (Wildman–Crippen LogP) is 2.50. The Kier molecular flexibility index (Phi) is 7.52. The standard InChI is InChI=1S/C23H30N4O3/c1-17-13-25-21(14-24-17)23(29)26(11-9-20-7-5-4-6-8-20)12-10-22(28)27-15-18(2)30-19(3)16-27/h4-8,13-14,18-19H,9-12,15-16H2,1-3H3/t18-,19-/m0/s1. The Labute approximate surface area is 178 Å².